The summed E-state index contributed by atoms with van der Waals surface area (Å²) in [6, 6.07) is 3.86. The fraction of sp³-hybridized carbons (Fsp3) is 0.111. The first-order valence-electron chi connectivity index (χ1n) is 4.47. The second kappa shape index (κ2) is 3.97. The number of phenolic OH excluding ortho intramolecular Hbond substituents is 1. The summed E-state index contributed by atoms with van der Waals surface area (Å²) < 4.78 is 1.47. The largest absolute Gasteiger partial charge is 0.508 e. The first-order chi connectivity index (χ1) is 7.66. The van der Waals surface area contributed by atoms with Crippen LogP contribution in [0.15, 0.2) is 30.6 Å². The van der Waals surface area contributed by atoms with Crippen molar-refractivity contribution in [2.75, 3.05) is 0 Å². The highest BCUT2D eigenvalue weighted by Crippen LogP contribution is 2.23. The zero-order chi connectivity index (χ0) is 11.5. The number of non-ortho nitro benzene ring substituents is 1. The molecule has 2 aromatic rings. The van der Waals surface area contributed by atoms with Gasteiger partial charge < -0.3 is 5.11 Å². The van der Waals surface area contributed by atoms with Gasteiger partial charge in [0, 0.05) is 23.9 Å². The van der Waals surface area contributed by atoms with Gasteiger partial charge in [0.2, 0.25) is 0 Å². The first-order valence-corrected chi connectivity index (χ1v) is 4.47. The van der Waals surface area contributed by atoms with Crippen LogP contribution in [0.3, 0.4) is 0 Å². The van der Waals surface area contributed by atoms with Crippen molar-refractivity contribution in [2.45, 2.75) is 6.54 Å². The summed E-state index contributed by atoms with van der Waals surface area (Å²) in [4.78, 5) is 10.0. The molecule has 1 aromatic heterocycles. The Hall–Kier alpha value is -2.44. The van der Waals surface area contributed by atoms with E-state index >= 15 is 0 Å². The highest BCUT2D eigenvalue weighted by Gasteiger charge is 2.10. The molecular formula is C9H8N4O3. The summed E-state index contributed by atoms with van der Waals surface area (Å²) >= 11 is 0. The van der Waals surface area contributed by atoms with Gasteiger partial charge in [-0.25, -0.2) is 4.68 Å². The monoisotopic (exact) mass is 220 g/mol. The smallest absolute Gasteiger partial charge is 0.270 e. The van der Waals surface area contributed by atoms with Crippen LogP contribution in [-0.2, 0) is 6.54 Å². The van der Waals surface area contributed by atoms with E-state index in [4.69, 9.17) is 0 Å². The lowest BCUT2D eigenvalue weighted by atomic mass is 10.2. The van der Waals surface area contributed by atoms with Crippen LogP contribution in [0.2, 0.25) is 0 Å². The average Bonchev–Trinajstić information content (AvgIpc) is 2.73. The van der Waals surface area contributed by atoms with Gasteiger partial charge >= 0.3 is 0 Å². The Morgan fingerprint density at radius 3 is 2.94 bits per heavy atom. The molecular weight excluding hydrogens is 212 g/mol. The lowest BCUT2D eigenvalue weighted by molar-refractivity contribution is -0.384. The maximum Gasteiger partial charge on any atom is 0.270 e. The second-order valence-electron chi connectivity index (χ2n) is 3.17. The summed E-state index contributed by atoms with van der Waals surface area (Å²) in [6.45, 7) is 0.244. The summed E-state index contributed by atoms with van der Waals surface area (Å²) in [5.74, 6) is 0.00102. The number of nitro benzene ring substituents is 1. The molecule has 0 aliphatic heterocycles. The molecule has 0 aliphatic carbocycles. The predicted molar refractivity (Wildman–Crippen MR) is 53.9 cm³/mol. The number of nitrogens with zero attached hydrogens (tertiary/aromatic N) is 4. The Labute approximate surface area is 90.1 Å². The van der Waals surface area contributed by atoms with Gasteiger partial charge in [0.05, 0.1) is 17.7 Å². The molecule has 0 unspecified atom stereocenters. The molecule has 0 bridgehead atoms. The van der Waals surface area contributed by atoms with Gasteiger partial charge in [-0.1, -0.05) is 5.21 Å². The highest BCUT2D eigenvalue weighted by atomic mass is 16.6. The van der Waals surface area contributed by atoms with E-state index in [0.717, 1.165) is 0 Å². The van der Waals surface area contributed by atoms with Crippen LogP contribution in [0.1, 0.15) is 5.56 Å². The molecule has 82 valence electrons. The molecule has 0 radical (unpaired) electrons. The van der Waals surface area contributed by atoms with Crippen molar-refractivity contribution in [2.24, 2.45) is 0 Å². The Morgan fingerprint density at radius 1 is 1.50 bits per heavy atom. The fourth-order valence-corrected chi connectivity index (χ4v) is 1.30. The van der Waals surface area contributed by atoms with Crippen molar-refractivity contribution in [3.05, 3.63) is 46.3 Å². The Bertz CT molecular complexity index is 509. The lowest BCUT2D eigenvalue weighted by Crippen LogP contribution is -2.01. The van der Waals surface area contributed by atoms with E-state index in [-0.39, 0.29) is 18.0 Å². The quantitative estimate of drug-likeness (QED) is 0.613. The summed E-state index contributed by atoms with van der Waals surface area (Å²) in [5.41, 5.74) is 0.368. The SMILES string of the molecule is O=[N+]([O-])c1ccc(O)c(Cn2ccnn2)c1. The third-order valence-electron chi connectivity index (χ3n) is 2.08. The molecule has 1 aromatic carbocycles. The molecule has 16 heavy (non-hydrogen) atoms. The van der Waals surface area contributed by atoms with Crippen LogP contribution in [0, 0.1) is 10.1 Å². The number of hydrogen-bond acceptors (Lipinski definition) is 5. The van der Waals surface area contributed by atoms with Crippen molar-refractivity contribution in [1.82, 2.24) is 15.0 Å². The van der Waals surface area contributed by atoms with Gasteiger partial charge in [0.1, 0.15) is 5.75 Å². The summed E-state index contributed by atoms with van der Waals surface area (Å²) in [5, 5.41) is 27.4. The number of nitro groups is 1. The lowest BCUT2D eigenvalue weighted by Gasteiger charge is -2.03. The van der Waals surface area contributed by atoms with Crippen LogP contribution in [0.5, 0.6) is 5.75 Å². The Kier molecular flexibility index (Phi) is 2.50. The molecule has 0 spiro atoms. The summed E-state index contributed by atoms with van der Waals surface area (Å²) in [7, 11) is 0. The zero-order valence-corrected chi connectivity index (χ0v) is 8.15. The van der Waals surface area contributed by atoms with E-state index < -0.39 is 4.92 Å². The minimum absolute atomic E-state index is 0.00102. The van der Waals surface area contributed by atoms with Crippen molar-refractivity contribution in [3.63, 3.8) is 0 Å². The van der Waals surface area contributed by atoms with Gasteiger partial charge in [0.25, 0.3) is 5.69 Å². The van der Waals surface area contributed by atoms with E-state index in [1.54, 1.807) is 6.20 Å². The third kappa shape index (κ3) is 1.97. The Balaban J connectivity index is 2.32. The van der Waals surface area contributed by atoms with Crippen molar-refractivity contribution >= 4 is 5.69 Å². The van der Waals surface area contributed by atoms with E-state index in [9.17, 15) is 15.2 Å². The maximum atomic E-state index is 10.6. The first kappa shape index (κ1) is 10.1. The predicted octanol–water partition coefficient (Wildman–Crippen LogP) is 0.940. The molecule has 1 N–H and O–H groups in total. The van der Waals surface area contributed by atoms with Crippen LogP contribution < -0.4 is 0 Å². The van der Waals surface area contributed by atoms with Crippen LogP contribution >= 0.6 is 0 Å². The third-order valence-corrected chi connectivity index (χ3v) is 2.08. The van der Waals surface area contributed by atoms with Gasteiger partial charge in [-0.2, -0.15) is 0 Å². The topological polar surface area (TPSA) is 94.1 Å². The second-order valence-corrected chi connectivity index (χ2v) is 3.17. The van der Waals surface area contributed by atoms with Gasteiger partial charge in [0.15, 0.2) is 0 Å². The molecule has 0 saturated carbocycles. The van der Waals surface area contributed by atoms with Gasteiger partial charge in [-0.15, -0.1) is 5.10 Å². The van der Waals surface area contributed by atoms with Crippen molar-refractivity contribution in [3.8, 4) is 5.75 Å². The average molecular weight is 220 g/mol. The normalized spacial score (nSPS) is 10.2. The Morgan fingerprint density at radius 2 is 2.31 bits per heavy atom. The molecule has 2 rings (SSSR count). The number of benzene rings is 1. The maximum absolute atomic E-state index is 10.6. The van der Waals surface area contributed by atoms with E-state index in [1.807, 2.05) is 0 Å². The zero-order valence-electron chi connectivity index (χ0n) is 8.15. The van der Waals surface area contributed by atoms with Gasteiger partial charge in [-0.3, -0.25) is 10.1 Å². The van der Waals surface area contributed by atoms with Crippen LogP contribution in [0.25, 0.3) is 0 Å². The standard InChI is InChI=1S/C9H8N4O3/c14-9-2-1-8(13(15)16)5-7(9)6-12-4-3-10-11-12/h1-5,14H,6H2. The van der Waals surface area contributed by atoms with Crippen molar-refractivity contribution in [1.29, 1.82) is 0 Å². The van der Waals surface area contributed by atoms with E-state index in [0.29, 0.717) is 5.56 Å². The summed E-state index contributed by atoms with van der Waals surface area (Å²) in [6.07, 6.45) is 3.10. The van der Waals surface area contributed by atoms with E-state index in [2.05, 4.69) is 10.3 Å². The fourth-order valence-electron chi connectivity index (χ4n) is 1.30. The number of phenols is 1. The number of rotatable bonds is 3. The van der Waals surface area contributed by atoms with Gasteiger partial charge in [-0.05, 0) is 6.07 Å². The molecule has 0 amide bonds. The van der Waals surface area contributed by atoms with E-state index in [1.165, 1.54) is 29.1 Å². The minimum atomic E-state index is -0.510. The van der Waals surface area contributed by atoms with Crippen LogP contribution in [0.4, 0.5) is 5.69 Å². The van der Waals surface area contributed by atoms with Crippen molar-refractivity contribution < 1.29 is 10.0 Å². The molecule has 7 nitrogen and oxygen atoms in total. The molecule has 0 atom stereocenters. The number of aromatic hydroxyl groups is 1. The molecule has 0 aliphatic rings. The molecule has 0 saturated heterocycles. The number of hydrogen-bond donors (Lipinski definition) is 1. The molecule has 7 heteroatoms. The number of aromatic nitrogens is 3. The molecule has 0 fully saturated rings. The van der Waals surface area contributed by atoms with Crippen LogP contribution in [-0.4, -0.2) is 25.0 Å². The minimum Gasteiger partial charge on any atom is -0.508 e. The molecule has 1 heterocycles. The highest BCUT2D eigenvalue weighted by molar-refractivity contribution is 5.42.